The largest absolute Gasteiger partial charge is 0.480 e. The predicted molar refractivity (Wildman–Crippen MR) is 175 cm³/mol. The Balaban J connectivity index is 3.04. The first-order valence-electron chi connectivity index (χ1n) is 17.7. The Morgan fingerprint density at radius 3 is 0.822 bits per heavy atom. The number of ether oxygens (including phenoxy) is 9. The molecule has 0 radical (unpaired) electrons. The topological polar surface area (TPSA) is 120 Å². The van der Waals surface area contributed by atoms with Gasteiger partial charge in [-0.05, 0) is 6.42 Å². The zero-order valence-electron chi connectivity index (χ0n) is 28.7. The summed E-state index contributed by atoms with van der Waals surface area (Å²) in [6, 6.07) is 0. The van der Waals surface area contributed by atoms with Crippen molar-refractivity contribution < 1.29 is 52.5 Å². The molecule has 0 aliphatic carbocycles. The molecule has 270 valence electrons. The van der Waals surface area contributed by atoms with Crippen LogP contribution in [0, 0.1) is 0 Å². The third kappa shape index (κ3) is 43.1. The van der Waals surface area contributed by atoms with E-state index in [1.54, 1.807) is 0 Å². The fourth-order valence-electron chi connectivity index (χ4n) is 4.32. The lowest BCUT2D eigenvalue weighted by Gasteiger charge is -2.09. The van der Waals surface area contributed by atoms with E-state index in [1.807, 2.05) is 0 Å². The molecule has 0 amide bonds. The molecule has 0 bridgehead atoms. The highest BCUT2D eigenvalue weighted by molar-refractivity contribution is 5.67. The molecule has 0 rings (SSSR count). The second kappa shape index (κ2) is 41.1. The molecule has 0 heterocycles. The Morgan fingerprint density at radius 2 is 0.556 bits per heavy atom. The minimum atomic E-state index is -0.989. The smallest absolute Gasteiger partial charge is 0.329 e. The fraction of sp³-hybridized carbons (Fsp3) is 0.971. The van der Waals surface area contributed by atoms with Gasteiger partial charge in [-0.3, -0.25) is 0 Å². The molecule has 0 aromatic carbocycles. The van der Waals surface area contributed by atoms with Gasteiger partial charge in [-0.25, -0.2) is 4.79 Å². The van der Waals surface area contributed by atoms with Crippen molar-refractivity contribution in [2.45, 2.75) is 96.8 Å². The van der Waals surface area contributed by atoms with E-state index in [1.165, 1.54) is 83.5 Å². The predicted octanol–water partition coefficient (Wildman–Crippen LogP) is 5.70. The average Bonchev–Trinajstić information content (AvgIpc) is 3.03. The summed E-state index contributed by atoms with van der Waals surface area (Å²) in [5.74, 6) is -0.989. The number of carboxylic acid groups (broad SMARTS) is 1. The van der Waals surface area contributed by atoms with Crippen molar-refractivity contribution >= 4 is 5.97 Å². The van der Waals surface area contributed by atoms with E-state index in [2.05, 4.69) is 6.92 Å². The monoisotopic (exact) mass is 652 g/mol. The van der Waals surface area contributed by atoms with Crippen molar-refractivity contribution in [3.05, 3.63) is 0 Å². The molecule has 0 saturated carbocycles. The first-order chi connectivity index (χ1) is 22.3. The highest BCUT2D eigenvalue weighted by atomic mass is 16.6. The van der Waals surface area contributed by atoms with Gasteiger partial charge in [0, 0.05) is 6.61 Å². The average molecular weight is 653 g/mol. The molecule has 0 aromatic heterocycles. The summed E-state index contributed by atoms with van der Waals surface area (Å²) in [5.41, 5.74) is 0. The summed E-state index contributed by atoms with van der Waals surface area (Å²) in [5, 5.41) is 8.43. The van der Waals surface area contributed by atoms with Crippen LogP contribution in [0.2, 0.25) is 0 Å². The van der Waals surface area contributed by atoms with Gasteiger partial charge >= 0.3 is 5.97 Å². The molecule has 1 N–H and O–H groups in total. The quantitative estimate of drug-likeness (QED) is 0.0819. The molecule has 0 saturated heterocycles. The molecule has 0 aliphatic rings. The summed E-state index contributed by atoms with van der Waals surface area (Å²) in [6.45, 7) is 10.7. The maximum absolute atomic E-state index is 10.3. The van der Waals surface area contributed by atoms with Crippen molar-refractivity contribution in [3.8, 4) is 0 Å². The third-order valence-electron chi connectivity index (χ3n) is 6.84. The van der Waals surface area contributed by atoms with E-state index in [0.29, 0.717) is 99.1 Å². The van der Waals surface area contributed by atoms with E-state index in [-0.39, 0.29) is 13.2 Å². The Morgan fingerprint density at radius 1 is 0.333 bits per heavy atom. The van der Waals surface area contributed by atoms with E-state index in [0.717, 1.165) is 13.0 Å². The standard InChI is InChI=1S/C34H68O11/c1-2-3-4-5-6-7-8-9-10-11-12-13-14-15-16-37-17-18-38-19-20-39-21-22-40-23-24-41-25-26-42-27-28-43-29-30-44-31-32-45-33-34(35)36/h2-33H2,1H3,(H,35,36). The SMILES string of the molecule is CCCCCCCCCCCCCCCCOCCOCCOCCOCCOCCOCCOCCOCCOCC(=O)O. The Labute approximate surface area is 274 Å². The van der Waals surface area contributed by atoms with Crippen LogP contribution < -0.4 is 0 Å². The first kappa shape index (κ1) is 44.1. The lowest BCUT2D eigenvalue weighted by Crippen LogP contribution is -2.15. The minimum absolute atomic E-state index is 0.250. The fourth-order valence-corrected chi connectivity index (χ4v) is 4.32. The summed E-state index contributed by atoms with van der Waals surface area (Å²) < 4.78 is 48.6. The van der Waals surface area contributed by atoms with Crippen LogP contribution >= 0.6 is 0 Å². The normalized spacial score (nSPS) is 11.5. The summed E-state index contributed by atoms with van der Waals surface area (Å²) >= 11 is 0. The number of carboxylic acids is 1. The number of unbranched alkanes of at least 4 members (excludes halogenated alkanes) is 13. The van der Waals surface area contributed by atoms with Crippen LogP contribution in [0.1, 0.15) is 96.8 Å². The lowest BCUT2D eigenvalue weighted by atomic mass is 10.0. The van der Waals surface area contributed by atoms with E-state index < -0.39 is 5.97 Å². The minimum Gasteiger partial charge on any atom is -0.480 e. The van der Waals surface area contributed by atoms with Crippen molar-refractivity contribution in [1.29, 1.82) is 0 Å². The number of rotatable bonds is 41. The van der Waals surface area contributed by atoms with Crippen molar-refractivity contribution in [2.24, 2.45) is 0 Å². The van der Waals surface area contributed by atoms with Crippen LogP contribution in [-0.4, -0.2) is 130 Å². The summed E-state index contributed by atoms with van der Waals surface area (Å²) in [4.78, 5) is 10.3. The molecule has 11 heteroatoms. The van der Waals surface area contributed by atoms with Gasteiger partial charge in [0.2, 0.25) is 0 Å². The van der Waals surface area contributed by atoms with Crippen LogP contribution in [0.15, 0.2) is 0 Å². The van der Waals surface area contributed by atoms with E-state index in [9.17, 15) is 4.79 Å². The highest BCUT2D eigenvalue weighted by Gasteiger charge is 1.98. The van der Waals surface area contributed by atoms with Crippen LogP contribution in [0.4, 0.5) is 0 Å². The van der Waals surface area contributed by atoms with Gasteiger partial charge in [0.05, 0.1) is 106 Å². The molecule has 0 aliphatic heterocycles. The molecule has 11 nitrogen and oxygen atoms in total. The van der Waals surface area contributed by atoms with Crippen LogP contribution in [0.5, 0.6) is 0 Å². The number of carbonyl (C=O) groups is 1. The van der Waals surface area contributed by atoms with E-state index >= 15 is 0 Å². The van der Waals surface area contributed by atoms with Crippen LogP contribution in [-0.2, 0) is 47.4 Å². The van der Waals surface area contributed by atoms with Gasteiger partial charge in [-0.15, -0.1) is 0 Å². The van der Waals surface area contributed by atoms with Gasteiger partial charge in [-0.1, -0.05) is 90.4 Å². The molecule has 45 heavy (non-hydrogen) atoms. The Hall–Kier alpha value is -0.890. The zero-order valence-corrected chi connectivity index (χ0v) is 28.7. The Bertz CT molecular complexity index is 554. The molecule has 0 fully saturated rings. The Kier molecular flexibility index (Phi) is 40.3. The summed E-state index contributed by atoms with van der Waals surface area (Å²) in [6.07, 6.45) is 19.2. The van der Waals surface area contributed by atoms with Crippen molar-refractivity contribution in [1.82, 2.24) is 0 Å². The second-order valence-corrected chi connectivity index (χ2v) is 10.9. The molecular weight excluding hydrogens is 584 g/mol. The maximum atomic E-state index is 10.3. The first-order valence-corrected chi connectivity index (χ1v) is 17.7. The van der Waals surface area contributed by atoms with Gasteiger partial charge in [0.25, 0.3) is 0 Å². The third-order valence-corrected chi connectivity index (χ3v) is 6.84. The molecule has 0 unspecified atom stereocenters. The molecular formula is C34H68O11. The zero-order chi connectivity index (χ0) is 32.6. The van der Waals surface area contributed by atoms with E-state index in [4.69, 9.17) is 47.7 Å². The number of hydrogen-bond donors (Lipinski definition) is 1. The molecule has 0 spiro atoms. The molecule has 0 aromatic rings. The van der Waals surface area contributed by atoms with Crippen molar-refractivity contribution in [2.75, 3.05) is 119 Å². The van der Waals surface area contributed by atoms with Gasteiger partial charge in [0.1, 0.15) is 6.61 Å². The number of hydrogen-bond acceptors (Lipinski definition) is 10. The number of aliphatic carboxylic acids is 1. The van der Waals surface area contributed by atoms with Gasteiger partial charge in [0.15, 0.2) is 0 Å². The maximum Gasteiger partial charge on any atom is 0.329 e. The molecule has 0 atom stereocenters. The second-order valence-electron chi connectivity index (χ2n) is 10.9. The summed E-state index contributed by atoms with van der Waals surface area (Å²) in [7, 11) is 0. The lowest BCUT2D eigenvalue weighted by molar-refractivity contribution is -0.142. The van der Waals surface area contributed by atoms with Crippen molar-refractivity contribution in [3.63, 3.8) is 0 Å². The highest BCUT2D eigenvalue weighted by Crippen LogP contribution is 2.12. The van der Waals surface area contributed by atoms with Gasteiger partial charge in [-0.2, -0.15) is 0 Å². The van der Waals surface area contributed by atoms with Gasteiger partial charge < -0.3 is 47.7 Å². The van der Waals surface area contributed by atoms with Crippen LogP contribution in [0.25, 0.3) is 0 Å². The van der Waals surface area contributed by atoms with Crippen LogP contribution in [0.3, 0.4) is 0 Å².